The minimum atomic E-state index is -1.05. The van der Waals surface area contributed by atoms with Crippen LogP contribution in [0.3, 0.4) is 0 Å². The molecule has 6 heteroatoms. The number of hydrogen-bond acceptors (Lipinski definition) is 3. The molecule has 0 atom stereocenters. The fourth-order valence-corrected chi connectivity index (χ4v) is 1.66. The van der Waals surface area contributed by atoms with E-state index < -0.39 is 5.60 Å². The lowest BCUT2D eigenvalue weighted by atomic mass is 10.1. The van der Waals surface area contributed by atoms with E-state index in [0.29, 0.717) is 15.9 Å². The Morgan fingerprint density at radius 3 is 2.65 bits per heavy atom. The summed E-state index contributed by atoms with van der Waals surface area (Å²) in [6.07, 6.45) is 1.61. The fraction of sp³-hybridized carbons (Fsp3) is 0.273. The summed E-state index contributed by atoms with van der Waals surface area (Å²) in [5.41, 5.74) is 0.0782. The molecule has 1 aromatic carbocycles. The van der Waals surface area contributed by atoms with Crippen LogP contribution in [-0.2, 0) is 5.60 Å². The van der Waals surface area contributed by atoms with Crippen molar-refractivity contribution in [2.24, 2.45) is 0 Å². The maximum Gasteiger partial charge on any atom is 0.137 e. The number of hydrogen-bond donors (Lipinski definition) is 1. The monoisotopic (exact) mass is 299 g/mol. The lowest BCUT2D eigenvalue weighted by Gasteiger charge is -2.11. The average molecular weight is 300 g/mol. The van der Waals surface area contributed by atoms with Crippen LogP contribution in [0, 0.1) is 5.82 Å². The third-order valence-corrected chi connectivity index (χ3v) is 2.90. The molecule has 0 unspecified atom stereocenters. The van der Waals surface area contributed by atoms with Crippen LogP contribution in [0.4, 0.5) is 4.39 Å². The number of aliphatic hydroxyl groups is 1. The molecular weight excluding hydrogens is 289 g/mol. The van der Waals surface area contributed by atoms with Gasteiger partial charge >= 0.3 is 0 Å². The molecule has 0 fully saturated rings. The lowest BCUT2D eigenvalue weighted by Crippen LogP contribution is -2.15. The summed E-state index contributed by atoms with van der Waals surface area (Å²) in [4.78, 5) is 0. The van der Waals surface area contributed by atoms with Gasteiger partial charge in [0.2, 0.25) is 0 Å². The first kappa shape index (κ1) is 12.2. The van der Waals surface area contributed by atoms with Crippen LogP contribution in [0.1, 0.15) is 19.5 Å². The van der Waals surface area contributed by atoms with Gasteiger partial charge in [0.25, 0.3) is 0 Å². The van der Waals surface area contributed by atoms with E-state index in [-0.39, 0.29) is 5.82 Å². The standard InChI is InChI=1S/C11H11BrFN3O/c1-11(2,17)10-6-16(15-14-10)7-3-4-9(13)8(12)5-7/h3-6,17H,1-2H3. The van der Waals surface area contributed by atoms with Crippen LogP contribution in [-0.4, -0.2) is 20.1 Å². The maximum atomic E-state index is 13.1. The number of halogens is 2. The zero-order chi connectivity index (χ0) is 12.6. The number of rotatable bonds is 2. The quantitative estimate of drug-likeness (QED) is 0.926. The summed E-state index contributed by atoms with van der Waals surface area (Å²) in [5, 5.41) is 17.5. The SMILES string of the molecule is CC(C)(O)c1cn(-c2ccc(F)c(Br)c2)nn1. The average Bonchev–Trinajstić information content (AvgIpc) is 2.70. The van der Waals surface area contributed by atoms with Crippen LogP contribution in [0.25, 0.3) is 5.69 Å². The summed E-state index contributed by atoms with van der Waals surface area (Å²) < 4.78 is 14.9. The zero-order valence-electron chi connectivity index (χ0n) is 9.35. The molecule has 17 heavy (non-hydrogen) atoms. The second-order valence-electron chi connectivity index (χ2n) is 4.21. The largest absolute Gasteiger partial charge is 0.384 e. The Morgan fingerprint density at radius 1 is 1.41 bits per heavy atom. The normalized spacial score (nSPS) is 11.8. The smallest absolute Gasteiger partial charge is 0.137 e. The Balaban J connectivity index is 2.40. The van der Waals surface area contributed by atoms with Crippen molar-refractivity contribution < 1.29 is 9.50 Å². The molecule has 0 aliphatic heterocycles. The van der Waals surface area contributed by atoms with Crippen molar-refractivity contribution in [3.05, 3.63) is 40.4 Å². The number of nitrogens with zero attached hydrogens (tertiary/aromatic N) is 3. The molecule has 2 aromatic rings. The van der Waals surface area contributed by atoms with E-state index in [1.54, 1.807) is 32.2 Å². The van der Waals surface area contributed by atoms with E-state index in [1.807, 2.05) is 0 Å². The minimum absolute atomic E-state index is 0.337. The van der Waals surface area contributed by atoms with Crippen molar-refractivity contribution in [3.63, 3.8) is 0 Å². The second-order valence-corrected chi connectivity index (χ2v) is 5.06. The molecule has 0 amide bonds. The first-order valence-electron chi connectivity index (χ1n) is 4.98. The number of aromatic nitrogens is 3. The van der Waals surface area contributed by atoms with Gasteiger partial charge in [-0.25, -0.2) is 9.07 Å². The molecule has 0 saturated heterocycles. The van der Waals surface area contributed by atoms with Gasteiger partial charge in [0.05, 0.1) is 16.4 Å². The predicted molar refractivity (Wildman–Crippen MR) is 64.3 cm³/mol. The van der Waals surface area contributed by atoms with E-state index in [0.717, 1.165) is 0 Å². The first-order valence-corrected chi connectivity index (χ1v) is 5.78. The fourth-order valence-electron chi connectivity index (χ4n) is 1.30. The van der Waals surface area contributed by atoms with Gasteiger partial charge in [-0.1, -0.05) is 5.21 Å². The molecule has 1 heterocycles. The summed E-state index contributed by atoms with van der Waals surface area (Å²) in [6.45, 7) is 3.25. The van der Waals surface area contributed by atoms with Gasteiger partial charge in [-0.2, -0.15) is 0 Å². The van der Waals surface area contributed by atoms with Crippen LogP contribution >= 0.6 is 15.9 Å². The third kappa shape index (κ3) is 2.53. The Kier molecular flexibility index (Phi) is 3.01. The van der Waals surface area contributed by atoms with E-state index >= 15 is 0 Å². The van der Waals surface area contributed by atoms with Gasteiger partial charge in [0, 0.05) is 0 Å². The van der Waals surface area contributed by atoms with E-state index in [4.69, 9.17) is 0 Å². The van der Waals surface area contributed by atoms with Gasteiger partial charge in [-0.05, 0) is 48.0 Å². The third-order valence-electron chi connectivity index (χ3n) is 2.29. The summed E-state index contributed by atoms with van der Waals surface area (Å²) in [5.74, 6) is -0.337. The van der Waals surface area contributed by atoms with Crippen molar-refractivity contribution in [2.45, 2.75) is 19.4 Å². The Bertz CT molecular complexity index is 548. The Labute approximate surface area is 106 Å². The Morgan fingerprint density at radius 2 is 2.12 bits per heavy atom. The van der Waals surface area contributed by atoms with Gasteiger partial charge in [-0.3, -0.25) is 0 Å². The van der Waals surface area contributed by atoms with Crippen LogP contribution in [0.2, 0.25) is 0 Å². The second kappa shape index (κ2) is 4.19. The molecule has 0 bridgehead atoms. The van der Waals surface area contributed by atoms with Crippen LogP contribution in [0.5, 0.6) is 0 Å². The Hall–Kier alpha value is -1.27. The van der Waals surface area contributed by atoms with Gasteiger partial charge in [-0.15, -0.1) is 5.10 Å². The maximum absolute atomic E-state index is 13.1. The minimum Gasteiger partial charge on any atom is -0.384 e. The van der Waals surface area contributed by atoms with Gasteiger partial charge in [0.1, 0.15) is 17.1 Å². The lowest BCUT2D eigenvalue weighted by molar-refractivity contribution is 0.0737. The molecule has 0 radical (unpaired) electrons. The topological polar surface area (TPSA) is 50.9 Å². The predicted octanol–water partition coefficient (Wildman–Crippen LogP) is 2.40. The van der Waals surface area contributed by atoms with E-state index in [2.05, 4.69) is 26.2 Å². The first-order chi connectivity index (χ1) is 7.88. The molecule has 90 valence electrons. The highest BCUT2D eigenvalue weighted by molar-refractivity contribution is 9.10. The van der Waals surface area contributed by atoms with Crippen LogP contribution in [0.15, 0.2) is 28.9 Å². The summed E-state index contributed by atoms with van der Waals surface area (Å²) >= 11 is 3.10. The van der Waals surface area contributed by atoms with Crippen LogP contribution < -0.4 is 0 Å². The highest BCUT2D eigenvalue weighted by Gasteiger charge is 2.20. The van der Waals surface area contributed by atoms with E-state index in [9.17, 15) is 9.50 Å². The van der Waals surface area contributed by atoms with E-state index in [1.165, 1.54) is 10.7 Å². The van der Waals surface area contributed by atoms with Crippen molar-refractivity contribution in [1.82, 2.24) is 15.0 Å². The summed E-state index contributed by atoms with van der Waals surface area (Å²) in [7, 11) is 0. The summed E-state index contributed by atoms with van der Waals surface area (Å²) in [6, 6.07) is 4.52. The molecule has 0 aliphatic carbocycles. The van der Waals surface area contributed by atoms with Crippen molar-refractivity contribution in [2.75, 3.05) is 0 Å². The van der Waals surface area contributed by atoms with Gasteiger partial charge < -0.3 is 5.11 Å². The molecule has 1 aromatic heterocycles. The zero-order valence-corrected chi connectivity index (χ0v) is 10.9. The number of benzene rings is 1. The molecule has 4 nitrogen and oxygen atoms in total. The van der Waals surface area contributed by atoms with Crippen molar-refractivity contribution in [1.29, 1.82) is 0 Å². The van der Waals surface area contributed by atoms with Crippen molar-refractivity contribution in [3.8, 4) is 5.69 Å². The highest BCUT2D eigenvalue weighted by Crippen LogP contribution is 2.21. The van der Waals surface area contributed by atoms with Crippen molar-refractivity contribution >= 4 is 15.9 Å². The molecule has 0 aliphatic rings. The molecule has 2 rings (SSSR count). The molecule has 0 spiro atoms. The molecule has 0 saturated carbocycles. The molecular formula is C11H11BrFN3O. The van der Waals surface area contributed by atoms with Gasteiger partial charge in [0.15, 0.2) is 0 Å². The molecule has 1 N–H and O–H groups in total. The highest BCUT2D eigenvalue weighted by atomic mass is 79.9.